The van der Waals surface area contributed by atoms with Crippen LogP contribution in [0.5, 0.6) is 0 Å². The Labute approximate surface area is 103 Å². The molecule has 0 aromatic heterocycles. The van der Waals surface area contributed by atoms with Gasteiger partial charge >= 0.3 is 0 Å². The molecule has 0 saturated carbocycles. The van der Waals surface area contributed by atoms with Crippen molar-refractivity contribution < 1.29 is 5.11 Å². The van der Waals surface area contributed by atoms with Crippen LogP contribution in [0.25, 0.3) is 0 Å². The second-order valence-electron chi connectivity index (χ2n) is 5.06. The molecule has 0 amide bonds. The Bertz CT molecular complexity index is 123. The summed E-state index contributed by atoms with van der Waals surface area (Å²) in [5.41, 5.74) is 0. The van der Waals surface area contributed by atoms with Crippen molar-refractivity contribution in [3.05, 3.63) is 0 Å². The van der Waals surface area contributed by atoms with Crippen LogP contribution in [-0.4, -0.2) is 11.2 Å². The summed E-state index contributed by atoms with van der Waals surface area (Å²) in [6.07, 6.45) is 15.1. The lowest BCUT2D eigenvalue weighted by Gasteiger charge is -2.09. The molecule has 0 aromatic rings. The van der Waals surface area contributed by atoms with E-state index >= 15 is 0 Å². The first-order chi connectivity index (χ1) is 7.81. The van der Waals surface area contributed by atoms with Gasteiger partial charge in [-0.1, -0.05) is 78.1 Å². The highest BCUT2D eigenvalue weighted by atomic mass is 16.3. The van der Waals surface area contributed by atoms with Gasteiger partial charge in [0.2, 0.25) is 0 Å². The molecule has 1 N–H and O–H groups in total. The molecular weight excluding hydrogens is 196 g/mol. The molecule has 0 saturated heterocycles. The predicted octanol–water partition coefficient (Wildman–Crippen LogP) is 5.07. The molecule has 98 valence electrons. The normalized spacial score (nSPS) is 12.9. The highest BCUT2D eigenvalue weighted by molar-refractivity contribution is 4.56. The Morgan fingerprint density at radius 3 is 1.56 bits per heavy atom. The van der Waals surface area contributed by atoms with Crippen molar-refractivity contribution in [2.24, 2.45) is 0 Å². The molecule has 1 atom stereocenters. The van der Waals surface area contributed by atoms with Gasteiger partial charge in [0.25, 0.3) is 0 Å². The molecule has 0 aliphatic rings. The second-order valence-corrected chi connectivity index (χ2v) is 5.06. The molecule has 0 radical (unpaired) electrons. The van der Waals surface area contributed by atoms with Gasteiger partial charge in [0.1, 0.15) is 0 Å². The molecule has 0 bridgehead atoms. The zero-order chi connectivity index (χ0) is 12.1. The van der Waals surface area contributed by atoms with Crippen molar-refractivity contribution in [2.45, 2.75) is 97.0 Å². The van der Waals surface area contributed by atoms with Crippen molar-refractivity contribution in [3.63, 3.8) is 0 Å². The van der Waals surface area contributed by atoms with Gasteiger partial charge in [0.15, 0.2) is 0 Å². The van der Waals surface area contributed by atoms with E-state index in [2.05, 4.69) is 13.8 Å². The Morgan fingerprint density at radius 2 is 1.00 bits per heavy atom. The fraction of sp³-hybridized carbons (Fsp3) is 1.00. The molecule has 0 spiro atoms. The lowest BCUT2D eigenvalue weighted by atomic mass is 10.0. The van der Waals surface area contributed by atoms with Crippen molar-refractivity contribution in [3.8, 4) is 0 Å². The number of rotatable bonds is 12. The first kappa shape index (κ1) is 16.0. The minimum absolute atomic E-state index is 0.0257. The SMILES string of the molecule is CCCCCCCCCC(O)CCCCC. The molecule has 0 heterocycles. The van der Waals surface area contributed by atoms with E-state index in [9.17, 15) is 5.11 Å². The third kappa shape index (κ3) is 12.0. The standard InChI is InChI=1S/C15H32O/c1-3-5-7-8-9-10-12-14-15(16)13-11-6-4-2/h15-16H,3-14H2,1-2H3. The van der Waals surface area contributed by atoms with E-state index in [4.69, 9.17) is 0 Å². The van der Waals surface area contributed by atoms with Crippen LogP contribution in [0.1, 0.15) is 90.9 Å². The van der Waals surface area contributed by atoms with E-state index in [1.165, 1.54) is 64.2 Å². The molecule has 0 fully saturated rings. The third-order valence-corrected chi connectivity index (χ3v) is 3.28. The summed E-state index contributed by atoms with van der Waals surface area (Å²) < 4.78 is 0. The van der Waals surface area contributed by atoms with Crippen molar-refractivity contribution in [1.82, 2.24) is 0 Å². The van der Waals surface area contributed by atoms with Gasteiger partial charge in [0, 0.05) is 0 Å². The Morgan fingerprint density at radius 1 is 0.625 bits per heavy atom. The van der Waals surface area contributed by atoms with Crippen molar-refractivity contribution >= 4 is 0 Å². The van der Waals surface area contributed by atoms with Crippen LogP contribution in [0.2, 0.25) is 0 Å². The van der Waals surface area contributed by atoms with Gasteiger partial charge in [-0.2, -0.15) is 0 Å². The maximum Gasteiger partial charge on any atom is 0.0540 e. The van der Waals surface area contributed by atoms with Crippen LogP contribution < -0.4 is 0 Å². The van der Waals surface area contributed by atoms with Gasteiger partial charge in [-0.15, -0.1) is 0 Å². The summed E-state index contributed by atoms with van der Waals surface area (Å²) >= 11 is 0. The highest BCUT2D eigenvalue weighted by Crippen LogP contribution is 2.12. The summed E-state index contributed by atoms with van der Waals surface area (Å²) in [7, 11) is 0. The fourth-order valence-electron chi connectivity index (χ4n) is 2.11. The molecule has 1 unspecified atom stereocenters. The van der Waals surface area contributed by atoms with E-state index in [1.807, 2.05) is 0 Å². The van der Waals surface area contributed by atoms with E-state index < -0.39 is 0 Å². The zero-order valence-corrected chi connectivity index (χ0v) is 11.5. The molecule has 0 rings (SSSR count). The van der Waals surface area contributed by atoms with Gasteiger partial charge in [-0.3, -0.25) is 0 Å². The summed E-state index contributed by atoms with van der Waals surface area (Å²) in [5.74, 6) is 0. The molecule has 1 heteroatoms. The molecule has 0 aromatic carbocycles. The summed E-state index contributed by atoms with van der Waals surface area (Å²) in [4.78, 5) is 0. The average Bonchev–Trinajstić information content (AvgIpc) is 2.28. The van der Waals surface area contributed by atoms with Gasteiger partial charge in [-0.05, 0) is 12.8 Å². The summed E-state index contributed by atoms with van der Waals surface area (Å²) in [6, 6.07) is 0. The number of aliphatic hydroxyl groups is 1. The maximum absolute atomic E-state index is 9.72. The van der Waals surface area contributed by atoms with Crippen LogP contribution >= 0.6 is 0 Å². The molecule has 1 nitrogen and oxygen atoms in total. The summed E-state index contributed by atoms with van der Waals surface area (Å²) in [5, 5.41) is 9.72. The first-order valence-electron chi connectivity index (χ1n) is 7.49. The maximum atomic E-state index is 9.72. The van der Waals surface area contributed by atoms with E-state index in [0.717, 1.165) is 12.8 Å². The highest BCUT2D eigenvalue weighted by Gasteiger charge is 2.02. The van der Waals surface area contributed by atoms with E-state index in [1.54, 1.807) is 0 Å². The first-order valence-corrected chi connectivity index (χ1v) is 7.49. The minimum Gasteiger partial charge on any atom is -0.393 e. The molecular formula is C15H32O. The third-order valence-electron chi connectivity index (χ3n) is 3.28. The Kier molecular flexibility index (Phi) is 13.0. The topological polar surface area (TPSA) is 20.2 Å². The number of hydrogen-bond acceptors (Lipinski definition) is 1. The van der Waals surface area contributed by atoms with Crippen LogP contribution in [0.4, 0.5) is 0 Å². The fourth-order valence-corrected chi connectivity index (χ4v) is 2.11. The van der Waals surface area contributed by atoms with Crippen LogP contribution in [0.3, 0.4) is 0 Å². The van der Waals surface area contributed by atoms with Crippen LogP contribution in [-0.2, 0) is 0 Å². The Balaban J connectivity index is 3.06. The van der Waals surface area contributed by atoms with Gasteiger partial charge in [0.05, 0.1) is 6.10 Å². The minimum atomic E-state index is -0.0257. The lowest BCUT2D eigenvalue weighted by molar-refractivity contribution is 0.147. The molecule has 0 aliphatic heterocycles. The average molecular weight is 228 g/mol. The number of aliphatic hydroxyl groups excluding tert-OH is 1. The Hall–Kier alpha value is -0.0400. The van der Waals surface area contributed by atoms with E-state index in [-0.39, 0.29) is 6.10 Å². The number of hydrogen-bond donors (Lipinski definition) is 1. The number of unbranched alkanes of at least 4 members (excludes halogenated alkanes) is 8. The smallest absolute Gasteiger partial charge is 0.0540 e. The predicted molar refractivity (Wildman–Crippen MR) is 72.8 cm³/mol. The monoisotopic (exact) mass is 228 g/mol. The van der Waals surface area contributed by atoms with E-state index in [0.29, 0.717) is 0 Å². The second kappa shape index (κ2) is 13.0. The van der Waals surface area contributed by atoms with Crippen molar-refractivity contribution in [1.29, 1.82) is 0 Å². The summed E-state index contributed by atoms with van der Waals surface area (Å²) in [6.45, 7) is 4.47. The molecule has 0 aliphatic carbocycles. The molecule has 16 heavy (non-hydrogen) atoms. The van der Waals surface area contributed by atoms with Gasteiger partial charge < -0.3 is 5.11 Å². The lowest BCUT2D eigenvalue weighted by Crippen LogP contribution is -2.05. The van der Waals surface area contributed by atoms with Crippen LogP contribution in [0.15, 0.2) is 0 Å². The zero-order valence-electron chi connectivity index (χ0n) is 11.5. The van der Waals surface area contributed by atoms with Gasteiger partial charge in [-0.25, -0.2) is 0 Å². The van der Waals surface area contributed by atoms with Crippen LogP contribution in [0, 0.1) is 0 Å². The van der Waals surface area contributed by atoms with Crippen molar-refractivity contribution in [2.75, 3.05) is 0 Å². The largest absolute Gasteiger partial charge is 0.393 e. The quantitative estimate of drug-likeness (QED) is 0.462.